The summed E-state index contributed by atoms with van der Waals surface area (Å²) in [6.45, 7) is 4.19. The first-order valence-electron chi connectivity index (χ1n) is 4.29. The molecule has 5 nitrogen and oxygen atoms in total. The van der Waals surface area contributed by atoms with Gasteiger partial charge in [-0.25, -0.2) is 0 Å². The topological polar surface area (TPSA) is 93.3 Å². The van der Waals surface area contributed by atoms with Crippen molar-refractivity contribution in [1.82, 2.24) is 10.2 Å². The summed E-state index contributed by atoms with van der Waals surface area (Å²) in [6, 6.07) is 0.666. The zero-order chi connectivity index (χ0) is 9.40. The van der Waals surface area contributed by atoms with Gasteiger partial charge in [-0.05, 0) is 20.0 Å². The number of hydrogen-bond acceptors (Lipinski definition) is 5. The van der Waals surface area contributed by atoms with Crippen molar-refractivity contribution in [2.45, 2.75) is 12.5 Å². The number of piperazine rings is 1. The van der Waals surface area contributed by atoms with E-state index >= 15 is 0 Å². The lowest BCUT2D eigenvalue weighted by molar-refractivity contribution is 0.192. The Morgan fingerprint density at radius 1 is 1.50 bits per heavy atom. The van der Waals surface area contributed by atoms with Crippen LogP contribution in [0, 0.1) is 0 Å². The molecule has 0 bridgehead atoms. The van der Waals surface area contributed by atoms with Gasteiger partial charge in [0.1, 0.15) is 0 Å². The van der Waals surface area contributed by atoms with Crippen LogP contribution < -0.4 is 22.7 Å². The van der Waals surface area contributed by atoms with E-state index in [1.54, 1.807) is 0 Å². The third-order valence-electron chi connectivity index (χ3n) is 2.14. The van der Waals surface area contributed by atoms with Gasteiger partial charge >= 0.3 is 0 Å². The minimum atomic E-state index is 0.666. The van der Waals surface area contributed by atoms with Gasteiger partial charge in [0.05, 0.1) is 0 Å². The lowest BCUT2D eigenvalue weighted by Crippen LogP contribution is -2.49. The fourth-order valence-corrected chi connectivity index (χ4v) is 1.38. The number of hydrogen-bond donors (Lipinski definition) is 4. The Kier molecular flexibility index (Phi) is 7.33. The standard InChI is InChI=1S/C7H17N3.H4N2/c1-10-5-4-9-6-7(10)2-3-8;1-2/h7,9H,2-6,8H2,1H3;1-2H2. The molecule has 12 heavy (non-hydrogen) atoms. The first kappa shape index (κ1) is 11.8. The zero-order valence-electron chi connectivity index (χ0n) is 7.79. The molecule has 1 unspecified atom stereocenters. The van der Waals surface area contributed by atoms with E-state index in [1.165, 1.54) is 0 Å². The Morgan fingerprint density at radius 2 is 2.17 bits per heavy atom. The van der Waals surface area contributed by atoms with Crippen LogP contribution in [-0.2, 0) is 0 Å². The van der Waals surface area contributed by atoms with Crippen molar-refractivity contribution in [3.63, 3.8) is 0 Å². The first-order valence-corrected chi connectivity index (χ1v) is 4.29. The van der Waals surface area contributed by atoms with E-state index in [9.17, 15) is 0 Å². The molecule has 0 radical (unpaired) electrons. The molecule has 1 rings (SSSR count). The molecule has 0 aromatic rings. The van der Waals surface area contributed by atoms with E-state index in [1.807, 2.05) is 0 Å². The highest BCUT2D eigenvalue weighted by Gasteiger charge is 2.16. The molecule has 1 saturated heterocycles. The highest BCUT2D eigenvalue weighted by molar-refractivity contribution is 4.76. The molecule has 0 aromatic carbocycles. The van der Waals surface area contributed by atoms with Crippen LogP contribution in [0.3, 0.4) is 0 Å². The molecule has 1 aliphatic heterocycles. The smallest absolute Gasteiger partial charge is 0.0230 e. The molecule has 1 atom stereocenters. The largest absolute Gasteiger partial charge is 0.330 e. The van der Waals surface area contributed by atoms with E-state index in [2.05, 4.69) is 28.9 Å². The molecule has 0 amide bonds. The summed E-state index contributed by atoms with van der Waals surface area (Å²) >= 11 is 0. The van der Waals surface area contributed by atoms with Crippen molar-refractivity contribution in [3.05, 3.63) is 0 Å². The summed E-state index contributed by atoms with van der Waals surface area (Å²) in [7, 11) is 2.17. The first-order chi connectivity index (χ1) is 5.84. The molecule has 0 spiro atoms. The number of nitrogens with one attached hydrogen (secondary N) is 1. The molecule has 0 saturated carbocycles. The second kappa shape index (κ2) is 7.45. The van der Waals surface area contributed by atoms with Crippen LogP contribution in [0.1, 0.15) is 6.42 Å². The van der Waals surface area contributed by atoms with Crippen LogP contribution in [0.25, 0.3) is 0 Å². The lowest BCUT2D eigenvalue weighted by Gasteiger charge is -2.32. The number of likely N-dealkylation sites (N-methyl/N-ethyl adjacent to an activating group) is 1. The lowest BCUT2D eigenvalue weighted by atomic mass is 10.1. The fraction of sp³-hybridized carbons (Fsp3) is 1.00. The molecule has 0 aliphatic carbocycles. The number of rotatable bonds is 2. The molecule has 1 fully saturated rings. The maximum Gasteiger partial charge on any atom is 0.0230 e. The minimum Gasteiger partial charge on any atom is -0.330 e. The van der Waals surface area contributed by atoms with Gasteiger partial charge in [-0.1, -0.05) is 0 Å². The predicted octanol–water partition coefficient (Wildman–Crippen LogP) is -1.94. The van der Waals surface area contributed by atoms with Gasteiger partial charge in [0.2, 0.25) is 0 Å². The number of nitrogens with two attached hydrogens (primary N) is 3. The van der Waals surface area contributed by atoms with Crippen molar-refractivity contribution in [1.29, 1.82) is 0 Å². The summed E-state index contributed by atoms with van der Waals surface area (Å²) < 4.78 is 0. The van der Waals surface area contributed by atoms with Crippen molar-refractivity contribution in [2.24, 2.45) is 17.4 Å². The molecule has 0 aromatic heterocycles. The minimum absolute atomic E-state index is 0.666. The fourth-order valence-electron chi connectivity index (χ4n) is 1.38. The van der Waals surface area contributed by atoms with Gasteiger partial charge < -0.3 is 16.0 Å². The Morgan fingerprint density at radius 3 is 2.67 bits per heavy atom. The van der Waals surface area contributed by atoms with E-state index < -0.39 is 0 Å². The summed E-state index contributed by atoms with van der Waals surface area (Å²) in [5.74, 6) is 8.00. The van der Waals surface area contributed by atoms with Crippen LogP contribution >= 0.6 is 0 Å². The van der Waals surface area contributed by atoms with Crippen molar-refractivity contribution in [2.75, 3.05) is 33.2 Å². The second-order valence-electron chi connectivity index (χ2n) is 2.92. The molecule has 74 valence electrons. The molecule has 7 N–H and O–H groups in total. The molecular weight excluding hydrogens is 154 g/mol. The Balaban J connectivity index is 0.000000561. The molecular formula is C7H21N5. The Labute approximate surface area is 74.2 Å². The van der Waals surface area contributed by atoms with E-state index in [0.717, 1.165) is 32.6 Å². The third kappa shape index (κ3) is 3.99. The van der Waals surface area contributed by atoms with Crippen LogP contribution in [0.5, 0.6) is 0 Å². The number of nitrogens with zero attached hydrogens (tertiary/aromatic N) is 1. The molecule has 1 aliphatic rings. The van der Waals surface area contributed by atoms with E-state index in [-0.39, 0.29) is 0 Å². The van der Waals surface area contributed by atoms with Crippen molar-refractivity contribution < 1.29 is 0 Å². The summed E-state index contributed by atoms with van der Waals surface area (Å²) in [4.78, 5) is 2.38. The van der Waals surface area contributed by atoms with E-state index in [4.69, 9.17) is 5.73 Å². The maximum absolute atomic E-state index is 5.47. The van der Waals surface area contributed by atoms with Crippen LogP contribution in [0.15, 0.2) is 0 Å². The van der Waals surface area contributed by atoms with Gasteiger partial charge in [-0.15, -0.1) is 0 Å². The second-order valence-corrected chi connectivity index (χ2v) is 2.92. The van der Waals surface area contributed by atoms with Gasteiger partial charge in [-0.2, -0.15) is 0 Å². The van der Waals surface area contributed by atoms with Gasteiger partial charge in [0.25, 0.3) is 0 Å². The number of hydrazine groups is 1. The summed E-state index contributed by atoms with van der Waals surface area (Å²) in [5.41, 5.74) is 5.47. The van der Waals surface area contributed by atoms with Crippen molar-refractivity contribution in [3.8, 4) is 0 Å². The Bertz CT molecular complexity index is 95.8. The monoisotopic (exact) mass is 175 g/mol. The zero-order valence-corrected chi connectivity index (χ0v) is 7.79. The summed E-state index contributed by atoms with van der Waals surface area (Å²) in [6.07, 6.45) is 1.11. The Hall–Kier alpha value is -0.200. The van der Waals surface area contributed by atoms with Crippen LogP contribution in [-0.4, -0.2) is 44.2 Å². The van der Waals surface area contributed by atoms with Crippen molar-refractivity contribution >= 4 is 0 Å². The van der Waals surface area contributed by atoms with Crippen LogP contribution in [0.4, 0.5) is 0 Å². The van der Waals surface area contributed by atoms with Gasteiger partial charge in [0, 0.05) is 25.7 Å². The van der Waals surface area contributed by atoms with E-state index in [0.29, 0.717) is 6.04 Å². The van der Waals surface area contributed by atoms with Crippen LogP contribution in [0.2, 0.25) is 0 Å². The SMILES string of the molecule is CN1CCNCC1CCN.NN. The maximum atomic E-state index is 5.47. The van der Waals surface area contributed by atoms with Gasteiger partial charge in [0.15, 0.2) is 0 Å². The van der Waals surface area contributed by atoms with Gasteiger partial charge in [-0.3, -0.25) is 11.7 Å². The average Bonchev–Trinajstić information content (AvgIpc) is 2.13. The summed E-state index contributed by atoms with van der Waals surface area (Å²) in [5, 5.41) is 3.35. The normalized spacial score (nSPS) is 24.5. The quantitative estimate of drug-likeness (QED) is 0.289. The highest BCUT2D eigenvalue weighted by atomic mass is 15.2. The highest BCUT2D eigenvalue weighted by Crippen LogP contribution is 2.02. The molecule has 1 heterocycles. The third-order valence-corrected chi connectivity index (χ3v) is 2.14. The predicted molar refractivity (Wildman–Crippen MR) is 51.3 cm³/mol. The molecule has 5 heteroatoms. The average molecular weight is 175 g/mol.